The van der Waals surface area contributed by atoms with Crippen LogP contribution in [0.5, 0.6) is 5.75 Å². The molecule has 1 aromatic heterocycles. The maximum absolute atomic E-state index is 14.0. The number of benzene rings is 3. The van der Waals surface area contributed by atoms with Gasteiger partial charge in [-0.1, -0.05) is 91.9 Å². The molecule has 0 N–H and O–H groups in total. The van der Waals surface area contributed by atoms with Gasteiger partial charge in [-0.05, 0) is 47.7 Å². The van der Waals surface area contributed by atoms with Crippen molar-refractivity contribution in [3.05, 3.63) is 126 Å². The van der Waals surface area contributed by atoms with Gasteiger partial charge in [0.25, 0.3) is 5.56 Å². The Hall–Kier alpha value is -4.23. The molecule has 3 aromatic carbocycles. The first-order chi connectivity index (χ1) is 18.9. The molecule has 0 spiro atoms. The minimum atomic E-state index is -0.716. The summed E-state index contributed by atoms with van der Waals surface area (Å²) in [7, 11) is 1.60. The summed E-state index contributed by atoms with van der Waals surface area (Å²) in [4.78, 5) is 32.9. The van der Waals surface area contributed by atoms with E-state index in [-0.39, 0.29) is 12.2 Å². The Morgan fingerprint density at radius 2 is 1.72 bits per heavy atom. The fourth-order valence-corrected chi connectivity index (χ4v) is 5.67. The molecule has 1 aliphatic rings. The zero-order chi connectivity index (χ0) is 27.5. The smallest absolute Gasteiger partial charge is 0.338 e. The van der Waals surface area contributed by atoms with Crippen molar-refractivity contribution in [3.63, 3.8) is 0 Å². The van der Waals surface area contributed by atoms with Crippen molar-refractivity contribution < 1.29 is 14.3 Å². The predicted octanol–water partition coefficient (Wildman–Crippen LogP) is 5.07. The Balaban J connectivity index is 1.77. The molecular formula is C32H30N2O4S. The lowest BCUT2D eigenvalue weighted by Gasteiger charge is -2.26. The summed E-state index contributed by atoms with van der Waals surface area (Å²) in [6.07, 6.45) is 1.88. The third-order valence-electron chi connectivity index (χ3n) is 6.71. The van der Waals surface area contributed by atoms with E-state index in [1.54, 1.807) is 18.6 Å². The molecule has 0 fully saturated rings. The first kappa shape index (κ1) is 26.4. The second kappa shape index (κ2) is 11.3. The van der Waals surface area contributed by atoms with Crippen molar-refractivity contribution in [1.82, 2.24) is 4.57 Å². The quantitative estimate of drug-likeness (QED) is 0.308. The van der Waals surface area contributed by atoms with Crippen LogP contribution in [0.4, 0.5) is 0 Å². The molecule has 7 heteroatoms. The lowest BCUT2D eigenvalue weighted by atomic mass is 9.93. The van der Waals surface area contributed by atoms with Crippen molar-refractivity contribution >= 4 is 29.1 Å². The van der Waals surface area contributed by atoms with Crippen LogP contribution in [-0.2, 0) is 9.53 Å². The summed E-state index contributed by atoms with van der Waals surface area (Å²) in [5, 5.41) is 0. The van der Waals surface area contributed by atoms with Gasteiger partial charge in [0.1, 0.15) is 5.75 Å². The fraction of sp³-hybridized carbons (Fsp3) is 0.219. The van der Waals surface area contributed by atoms with Gasteiger partial charge in [0.15, 0.2) is 4.80 Å². The monoisotopic (exact) mass is 538 g/mol. The first-order valence-corrected chi connectivity index (χ1v) is 13.7. The molecule has 0 saturated carbocycles. The normalized spacial score (nSPS) is 15.2. The summed E-state index contributed by atoms with van der Waals surface area (Å²) in [6.45, 7) is 6.27. The SMILES string of the molecule is CCOC(=O)C1=C(c2ccccc2)N=c2s/c(=C\c3ccc(C(C)C)cc3)c(=O)n2[C@@H]1c1ccc(OC)cc1. The zero-order valence-corrected chi connectivity index (χ0v) is 23.2. The highest BCUT2D eigenvalue weighted by molar-refractivity contribution is 7.07. The Labute approximate surface area is 231 Å². The highest BCUT2D eigenvalue weighted by Crippen LogP contribution is 2.35. The van der Waals surface area contributed by atoms with Crippen LogP contribution in [0.1, 0.15) is 55.0 Å². The molecule has 6 nitrogen and oxygen atoms in total. The van der Waals surface area contributed by atoms with Crippen LogP contribution >= 0.6 is 11.3 Å². The molecule has 1 aliphatic heterocycles. The lowest BCUT2D eigenvalue weighted by Crippen LogP contribution is -2.40. The van der Waals surface area contributed by atoms with Crippen LogP contribution in [0, 0.1) is 0 Å². The number of carbonyl (C=O) groups is 1. The number of methoxy groups -OCH3 is 1. The van der Waals surface area contributed by atoms with Crippen LogP contribution in [-0.4, -0.2) is 24.3 Å². The van der Waals surface area contributed by atoms with Crippen LogP contribution in [0.15, 0.2) is 94.2 Å². The van der Waals surface area contributed by atoms with E-state index in [9.17, 15) is 9.59 Å². The predicted molar refractivity (Wildman–Crippen MR) is 155 cm³/mol. The Morgan fingerprint density at radius 1 is 1.03 bits per heavy atom. The largest absolute Gasteiger partial charge is 0.497 e. The summed E-state index contributed by atoms with van der Waals surface area (Å²) >= 11 is 1.32. The van der Waals surface area contributed by atoms with Gasteiger partial charge in [-0.2, -0.15) is 0 Å². The Bertz CT molecular complexity index is 1700. The van der Waals surface area contributed by atoms with Gasteiger partial charge in [0.2, 0.25) is 0 Å². The first-order valence-electron chi connectivity index (χ1n) is 12.9. The van der Waals surface area contributed by atoms with Gasteiger partial charge in [0.05, 0.1) is 35.6 Å². The van der Waals surface area contributed by atoms with Gasteiger partial charge in [0, 0.05) is 5.56 Å². The van der Waals surface area contributed by atoms with E-state index < -0.39 is 12.0 Å². The average molecular weight is 539 g/mol. The van der Waals surface area contributed by atoms with Gasteiger partial charge >= 0.3 is 5.97 Å². The zero-order valence-electron chi connectivity index (χ0n) is 22.4. The average Bonchev–Trinajstić information content (AvgIpc) is 3.27. The number of thiazole rings is 1. The maximum Gasteiger partial charge on any atom is 0.338 e. The molecule has 5 rings (SSSR count). The van der Waals surface area contributed by atoms with E-state index in [1.807, 2.05) is 72.8 Å². The third kappa shape index (κ3) is 5.22. The maximum atomic E-state index is 14.0. The van der Waals surface area contributed by atoms with E-state index in [2.05, 4.69) is 26.0 Å². The molecule has 0 aliphatic carbocycles. The minimum absolute atomic E-state index is 0.205. The summed E-state index contributed by atoms with van der Waals surface area (Å²) in [5.41, 5.74) is 4.33. The number of esters is 1. The molecule has 2 heterocycles. The lowest BCUT2D eigenvalue weighted by molar-refractivity contribution is -0.138. The molecule has 1 atom stereocenters. The number of ether oxygens (including phenoxy) is 2. The molecule has 4 aromatic rings. The molecule has 0 unspecified atom stereocenters. The van der Waals surface area contributed by atoms with Gasteiger partial charge < -0.3 is 9.47 Å². The minimum Gasteiger partial charge on any atom is -0.497 e. The van der Waals surface area contributed by atoms with Gasteiger partial charge in [-0.25, -0.2) is 9.79 Å². The number of fused-ring (bicyclic) bond motifs is 1. The molecule has 0 bridgehead atoms. The Kier molecular flexibility index (Phi) is 7.61. The second-order valence-corrected chi connectivity index (χ2v) is 10.5. The van der Waals surface area contributed by atoms with Crippen molar-refractivity contribution in [1.29, 1.82) is 0 Å². The van der Waals surface area contributed by atoms with Crippen LogP contribution in [0.2, 0.25) is 0 Å². The molecule has 39 heavy (non-hydrogen) atoms. The Morgan fingerprint density at radius 3 is 2.33 bits per heavy atom. The van der Waals surface area contributed by atoms with E-state index in [1.165, 1.54) is 16.9 Å². The highest BCUT2D eigenvalue weighted by Gasteiger charge is 2.35. The number of hydrogen-bond acceptors (Lipinski definition) is 6. The topological polar surface area (TPSA) is 69.9 Å². The van der Waals surface area contributed by atoms with Crippen LogP contribution in [0.25, 0.3) is 11.8 Å². The number of aromatic nitrogens is 1. The van der Waals surface area contributed by atoms with Crippen LogP contribution < -0.4 is 19.6 Å². The van der Waals surface area contributed by atoms with Crippen molar-refractivity contribution in [2.45, 2.75) is 32.7 Å². The van der Waals surface area contributed by atoms with Crippen molar-refractivity contribution in [3.8, 4) is 5.75 Å². The van der Waals surface area contributed by atoms with E-state index in [0.29, 0.717) is 32.3 Å². The van der Waals surface area contributed by atoms with Gasteiger partial charge in [-0.15, -0.1) is 0 Å². The second-order valence-electron chi connectivity index (χ2n) is 9.53. The van der Waals surface area contributed by atoms with E-state index in [4.69, 9.17) is 14.5 Å². The highest BCUT2D eigenvalue weighted by atomic mass is 32.1. The fourth-order valence-electron chi connectivity index (χ4n) is 4.67. The molecule has 0 radical (unpaired) electrons. The molecule has 198 valence electrons. The molecule has 0 amide bonds. The van der Waals surface area contributed by atoms with E-state index in [0.717, 1.165) is 16.7 Å². The summed E-state index contributed by atoms with van der Waals surface area (Å²) in [6, 6.07) is 24.4. The van der Waals surface area contributed by atoms with Crippen LogP contribution in [0.3, 0.4) is 0 Å². The summed E-state index contributed by atoms with van der Waals surface area (Å²) in [5.74, 6) is 0.604. The summed E-state index contributed by atoms with van der Waals surface area (Å²) < 4.78 is 13.0. The molecular weight excluding hydrogens is 508 g/mol. The van der Waals surface area contributed by atoms with E-state index >= 15 is 0 Å². The number of hydrogen-bond donors (Lipinski definition) is 0. The third-order valence-corrected chi connectivity index (χ3v) is 7.69. The number of carbonyl (C=O) groups excluding carboxylic acids is 1. The van der Waals surface area contributed by atoms with Crippen molar-refractivity contribution in [2.24, 2.45) is 4.99 Å². The number of rotatable bonds is 7. The number of nitrogens with zero attached hydrogens (tertiary/aromatic N) is 2. The molecule has 0 saturated heterocycles. The van der Waals surface area contributed by atoms with Crippen molar-refractivity contribution in [2.75, 3.05) is 13.7 Å². The van der Waals surface area contributed by atoms with Gasteiger partial charge in [-0.3, -0.25) is 9.36 Å². The standard InChI is InChI=1S/C32H30N2O4S/c1-5-38-31(36)27-28(23-9-7-6-8-10-23)33-32-34(29(27)24-15-17-25(37-4)18-16-24)30(35)26(39-32)19-21-11-13-22(14-12-21)20(2)3/h6-20,29H,5H2,1-4H3/b26-19-/t29-/m1/s1.